The zero-order chi connectivity index (χ0) is 23.1. The second-order valence-electron chi connectivity index (χ2n) is 6.80. The number of phenolic OH excluding ortho intramolecular Hbond substituents is 1. The van der Waals surface area contributed by atoms with Gasteiger partial charge in [-0.1, -0.05) is 52.3 Å². The summed E-state index contributed by atoms with van der Waals surface area (Å²) in [5, 5.41) is 24.0. The summed E-state index contributed by atoms with van der Waals surface area (Å²) in [5.41, 5.74) is 0.820. The number of benzene rings is 3. The molecule has 3 aromatic rings. The van der Waals surface area contributed by atoms with E-state index in [4.69, 9.17) is 14.6 Å². The molecule has 7 nitrogen and oxygen atoms in total. The minimum Gasteiger partial charge on any atom is -0.508 e. The molecule has 3 N–H and O–H groups in total. The van der Waals surface area contributed by atoms with Gasteiger partial charge in [-0.2, -0.15) is 0 Å². The third kappa shape index (κ3) is 5.87. The first kappa shape index (κ1) is 23.3. The second kappa shape index (κ2) is 10.8. The number of anilines is 1. The van der Waals surface area contributed by atoms with Crippen molar-refractivity contribution in [3.63, 3.8) is 0 Å². The molecule has 32 heavy (non-hydrogen) atoms. The zero-order valence-corrected chi connectivity index (χ0v) is 18.8. The van der Waals surface area contributed by atoms with Gasteiger partial charge in [-0.3, -0.25) is 5.32 Å². The molecule has 0 aliphatic heterocycles. The lowest BCUT2D eigenvalue weighted by atomic mass is 10.0. The molecule has 2 atom stereocenters. The maximum absolute atomic E-state index is 12.9. The molecule has 0 fully saturated rings. The van der Waals surface area contributed by atoms with Crippen LogP contribution < -0.4 is 5.32 Å². The van der Waals surface area contributed by atoms with Crippen LogP contribution in [-0.2, 0) is 14.3 Å². The van der Waals surface area contributed by atoms with Gasteiger partial charge in [0.1, 0.15) is 11.9 Å². The Labute approximate surface area is 193 Å². The number of aliphatic carboxylic acids is 1. The van der Waals surface area contributed by atoms with Crippen LogP contribution in [0.4, 0.5) is 10.5 Å². The molecule has 8 heteroatoms. The third-order valence-electron chi connectivity index (χ3n) is 4.64. The van der Waals surface area contributed by atoms with Crippen LogP contribution in [0.25, 0.3) is 10.8 Å². The summed E-state index contributed by atoms with van der Waals surface area (Å²) >= 11 is 3.34. The number of fused-ring (bicyclic) bond motifs is 1. The van der Waals surface area contributed by atoms with Crippen molar-refractivity contribution in [2.45, 2.75) is 19.1 Å². The number of ether oxygens (including phenoxy) is 2. The first-order valence-corrected chi connectivity index (χ1v) is 10.6. The number of carboxylic acid groups (broad SMARTS) is 1. The van der Waals surface area contributed by atoms with Crippen LogP contribution in [0.3, 0.4) is 0 Å². The Kier molecular flexibility index (Phi) is 7.86. The van der Waals surface area contributed by atoms with E-state index >= 15 is 0 Å². The lowest BCUT2D eigenvalue weighted by molar-refractivity contribution is -0.131. The number of hydrogen-bond donors (Lipinski definition) is 3. The largest absolute Gasteiger partial charge is 0.508 e. The van der Waals surface area contributed by atoms with E-state index in [2.05, 4.69) is 21.2 Å². The minimum absolute atomic E-state index is 0.121. The van der Waals surface area contributed by atoms with Crippen LogP contribution >= 0.6 is 15.9 Å². The van der Waals surface area contributed by atoms with E-state index < -0.39 is 24.3 Å². The highest BCUT2D eigenvalue weighted by Crippen LogP contribution is 2.34. The molecule has 3 aromatic carbocycles. The number of halogens is 1. The quantitative estimate of drug-likeness (QED) is 0.346. The fourth-order valence-electron chi connectivity index (χ4n) is 3.26. The molecule has 0 radical (unpaired) electrons. The van der Waals surface area contributed by atoms with Gasteiger partial charge in [0.05, 0.1) is 5.69 Å². The van der Waals surface area contributed by atoms with Crippen LogP contribution in [0, 0.1) is 0 Å². The standard InChI is InChI=1S/C24H22BrNO6/c1-2-31-21(12-13-22(28)29)23(18-14-16(25)10-11-20(18)27)32-24(30)26-19-9-5-7-15-6-3-4-8-17(15)19/h3-14,21,23,27H,2H2,1H3,(H,26,30)(H,28,29)/b13-12+/t21-,23-/m0/s1. The van der Waals surface area contributed by atoms with Crippen LogP contribution in [0.1, 0.15) is 18.6 Å². The number of hydrogen-bond acceptors (Lipinski definition) is 5. The Balaban J connectivity index is 1.94. The fraction of sp³-hybridized carbons (Fsp3) is 0.167. The summed E-state index contributed by atoms with van der Waals surface area (Å²) in [7, 11) is 0. The van der Waals surface area contributed by atoms with Gasteiger partial charge in [0.25, 0.3) is 0 Å². The number of aromatic hydroxyl groups is 1. The molecule has 3 rings (SSSR count). The van der Waals surface area contributed by atoms with Gasteiger partial charge in [0.2, 0.25) is 0 Å². The first-order valence-electron chi connectivity index (χ1n) is 9.85. The number of carbonyl (C=O) groups is 2. The van der Waals surface area contributed by atoms with E-state index in [0.29, 0.717) is 10.2 Å². The molecule has 0 saturated heterocycles. The summed E-state index contributed by atoms with van der Waals surface area (Å²) in [6.45, 7) is 1.96. The Bertz CT molecular complexity index is 1140. The number of amides is 1. The van der Waals surface area contributed by atoms with Crippen molar-refractivity contribution in [1.82, 2.24) is 0 Å². The van der Waals surface area contributed by atoms with E-state index in [1.54, 1.807) is 25.1 Å². The third-order valence-corrected chi connectivity index (χ3v) is 5.14. The van der Waals surface area contributed by atoms with Gasteiger partial charge >= 0.3 is 12.1 Å². The summed E-state index contributed by atoms with van der Waals surface area (Å²) < 4.78 is 12.0. The van der Waals surface area contributed by atoms with Crippen molar-refractivity contribution in [1.29, 1.82) is 0 Å². The number of carboxylic acids is 1. The molecular formula is C24H22BrNO6. The Morgan fingerprint density at radius 3 is 2.62 bits per heavy atom. The highest BCUT2D eigenvalue weighted by atomic mass is 79.9. The molecule has 0 bridgehead atoms. The highest BCUT2D eigenvalue weighted by Gasteiger charge is 2.29. The smallest absolute Gasteiger partial charge is 0.412 e. The first-order chi connectivity index (χ1) is 15.4. The maximum atomic E-state index is 12.9. The number of nitrogens with one attached hydrogen (secondary N) is 1. The van der Waals surface area contributed by atoms with Gasteiger partial charge in [-0.25, -0.2) is 9.59 Å². The SMILES string of the molecule is CCO[C@@H](/C=C/C(=O)O)[C@@H](OC(=O)Nc1cccc2ccccc12)c1cc(Br)ccc1O. The molecule has 0 aliphatic rings. The molecule has 0 unspecified atom stereocenters. The van der Waals surface area contributed by atoms with Gasteiger partial charge < -0.3 is 19.7 Å². The number of carbonyl (C=O) groups excluding carboxylic acids is 1. The fourth-order valence-corrected chi connectivity index (χ4v) is 3.64. The Morgan fingerprint density at radius 2 is 1.88 bits per heavy atom. The van der Waals surface area contributed by atoms with Crippen molar-refractivity contribution in [3.8, 4) is 5.75 Å². The molecule has 0 spiro atoms. The number of phenols is 1. The zero-order valence-electron chi connectivity index (χ0n) is 17.2. The summed E-state index contributed by atoms with van der Waals surface area (Å²) in [5.74, 6) is -1.29. The topological polar surface area (TPSA) is 105 Å². The van der Waals surface area contributed by atoms with Crippen LogP contribution in [0.2, 0.25) is 0 Å². The van der Waals surface area contributed by atoms with Crippen molar-refractivity contribution < 1.29 is 29.3 Å². The molecule has 0 heterocycles. The van der Waals surface area contributed by atoms with E-state index in [9.17, 15) is 14.7 Å². The molecule has 0 aromatic heterocycles. The average molecular weight is 500 g/mol. The summed E-state index contributed by atoms with van der Waals surface area (Å²) in [6, 6.07) is 17.7. The van der Waals surface area contributed by atoms with E-state index in [1.165, 1.54) is 12.1 Å². The van der Waals surface area contributed by atoms with Crippen molar-refractivity contribution in [2.24, 2.45) is 0 Å². The van der Waals surface area contributed by atoms with Crippen molar-refractivity contribution >= 4 is 44.5 Å². The monoisotopic (exact) mass is 499 g/mol. The highest BCUT2D eigenvalue weighted by molar-refractivity contribution is 9.10. The molecule has 0 saturated carbocycles. The lowest BCUT2D eigenvalue weighted by Gasteiger charge is -2.26. The van der Waals surface area contributed by atoms with Crippen LogP contribution in [0.5, 0.6) is 5.75 Å². The van der Waals surface area contributed by atoms with Crippen molar-refractivity contribution in [2.75, 3.05) is 11.9 Å². The average Bonchev–Trinajstić information content (AvgIpc) is 2.77. The summed E-state index contributed by atoms with van der Waals surface area (Å²) in [6.07, 6.45) is -0.650. The minimum atomic E-state index is -1.17. The Morgan fingerprint density at radius 1 is 1.12 bits per heavy atom. The van der Waals surface area contributed by atoms with Gasteiger partial charge in [-0.15, -0.1) is 0 Å². The van der Waals surface area contributed by atoms with Crippen molar-refractivity contribution in [3.05, 3.63) is 82.9 Å². The molecule has 1 amide bonds. The van der Waals surface area contributed by atoms with E-state index in [-0.39, 0.29) is 17.9 Å². The predicted molar refractivity (Wildman–Crippen MR) is 125 cm³/mol. The summed E-state index contributed by atoms with van der Waals surface area (Å²) in [4.78, 5) is 23.9. The van der Waals surface area contributed by atoms with E-state index in [0.717, 1.165) is 16.8 Å². The number of rotatable bonds is 8. The normalized spacial score (nSPS) is 13.1. The maximum Gasteiger partial charge on any atom is 0.412 e. The molecule has 0 aliphatic carbocycles. The molecular weight excluding hydrogens is 478 g/mol. The molecule has 166 valence electrons. The van der Waals surface area contributed by atoms with Crippen LogP contribution in [0.15, 0.2) is 77.3 Å². The van der Waals surface area contributed by atoms with Gasteiger partial charge in [0, 0.05) is 28.1 Å². The van der Waals surface area contributed by atoms with Crippen LogP contribution in [-0.4, -0.2) is 35.0 Å². The lowest BCUT2D eigenvalue weighted by Crippen LogP contribution is -2.28. The van der Waals surface area contributed by atoms with Gasteiger partial charge in [0.15, 0.2) is 6.10 Å². The predicted octanol–water partition coefficient (Wildman–Crippen LogP) is 5.64. The second-order valence-corrected chi connectivity index (χ2v) is 7.71. The van der Waals surface area contributed by atoms with Gasteiger partial charge in [-0.05, 0) is 42.7 Å². The Hall–Kier alpha value is -3.36. The van der Waals surface area contributed by atoms with E-state index in [1.807, 2.05) is 36.4 Å².